The topological polar surface area (TPSA) is 80.5 Å². The molecule has 1 aromatic carbocycles. The third-order valence-electron chi connectivity index (χ3n) is 5.55. The van der Waals surface area contributed by atoms with E-state index in [-0.39, 0.29) is 11.8 Å². The van der Waals surface area contributed by atoms with Crippen LogP contribution in [0.3, 0.4) is 0 Å². The highest BCUT2D eigenvalue weighted by molar-refractivity contribution is 5.91. The molecule has 4 rings (SSSR count). The molecule has 3 heterocycles. The van der Waals surface area contributed by atoms with Gasteiger partial charge in [-0.2, -0.15) is 0 Å². The zero-order valence-corrected chi connectivity index (χ0v) is 17.6. The monoisotopic (exact) mass is 408 g/mol. The number of benzene rings is 1. The summed E-state index contributed by atoms with van der Waals surface area (Å²) >= 11 is 0. The normalized spacial score (nSPS) is 17.2. The zero-order chi connectivity index (χ0) is 20.9. The highest BCUT2D eigenvalue weighted by atomic mass is 16.5. The Morgan fingerprint density at radius 3 is 3.03 bits per heavy atom. The Hall–Kier alpha value is -2.93. The molecule has 0 unspecified atom stereocenters. The van der Waals surface area contributed by atoms with Gasteiger partial charge in [0.2, 0.25) is 5.76 Å². The predicted molar refractivity (Wildman–Crippen MR) is 115 cm³/mol. The maximum absolute atomic E-state index is 12.1. The minimum atomic E-state index is -0.194. The summed E-state index contributed by atoms with van der Waals surface area (Å²) in [7, 11) is 1.67. The number of rotatable bonds is 7. The van der Waals surface area contributed by atoms with Crippen molar-refractivity contribution in [1.82, 2.24) is 20.4 Å². The van der Waals surface area contributed by atoms with E-state index in [1.165, 1.54) is 0 Å². The Labute approximate surface area is 176 Å². The first-order valence-electron chi connectivity index (χ1n) is 10.6. The summed E-state index contributed by atoms with van der Waals surface area (Å²) in [5, 5.41) is 8.08. The van der Waals surface area contributed by atoms with Gasteiger partial charge in [-0.3, -0.25) is 14.7 Å². The second-order valence-corrected chi connectivity index (χ2v) is 7.81. The van der Waals surface area contributed by atoms with Crippen molar-refractivity contribution in [2.75, 3.05) is 26.7 Å². The van der Waals surface area contributed by atoms with Crippen molar-refractivity contribution in [2.45, 2.75) is 38.6 Å². The number of piperidine rings is 1. The van der Waals surface area contributed by atoms with Gasteiger partial charge in [-0.25, -0.2) is 0 Å². The van der Waals surface area contributed by atoms with Gasteiger partial charge >= 0.3 is 0 Å². The lowest BCUT2D eigenvalue weighted by molar-refractivity contribution is 0.0916. The van der Waals surface area contributed by atoms with Crippen LogP contribution in [0.4, 0.5) is 0 Å². The molecule has 30 heavy (non-hydrogen) atoms. The minimum Gasteiger partial charge on any atom is -0.497 e. The van der Waals surface area contributed by atoms with Gasteiger partial charge in [0.05, 0.1) is 24.0 Å². The SMILES string of the molecule is CCCNC(=O)c1cc([C@@H]2CCCN(Cc3ccc4cc(OC)ccc4n3)C2)no1. The molecule has 1 atom stereocenters. The highest BCUT2D eigenvalue weighted by Crippen LogP contribution is 2.28. The number of aromatic nitrogens is 2. The molecule has 0 bridgehead atoms. The number of methoxy groups -OCH3 is 1. The van der Waals surface area contributed by atoms with Crippen molar-refractivity contribution >= 4 is 16.8 Å². The predicted octanol–water partition coefficient (Wildman–Crippen LogP) is 3.75. The summed E-state index contributed by atoms with van der Waals surface area (Å²) in [5.74, 6) is 1.20. The molecule has 1 N–H and O–H groups in total. The molecule has 1 aliphatic rings. The number of likely N-dealkylation sites (tertiary alicyclic amines) is 1. The van der Waals surface area contributed by atoms with Crippen LogP contribution in [-0.4, -0.2) is 47.7 Å². The molecule has 1 fully saturated rings. The zero-order valence-electron chi connectivity index (χ0n) is 17.6. The second kappa shape index (κ2) is 9.26. The van der Waals surface area contributed by atoms with Crippen LogP contribution in [0.2, 0.25) is 0 Å². The maximum Gasteiger partial charge on any atom is 0.289 e. The van der Waals surface area contributed by atoms with Gasteiger partial charge in [0.15, 0.2) is 0 Å². The number of carbonyl (C=O) groups is 1. The Bertz CT molecular complexity index is 1020. The van der Waals surface area contributed by atoms with Crippen LogP contribution < -0.4 is 10.1 Å². The Morgan fingerprint density at radius 1 is 1.30 bits per heavy atom. The second-order valence-electron chi connectivity index (χ2n) is 7.81. The lowest BCUT2D eigenvalue weighted by Gasteiger charge is -2.31. The lowest BCUT2D eigenvalue weighted by atomic mass is 9.94. The van der Waals surface area contributed by atoms with E-state index >= 15 is 0 Å². The standard InChI is InChI=1S/C23H28N4O3/c1-3-10-24-23(28)22-13-21(26-30-22)17-5-4-11-27(14-17)15-18-7-6-16-12-19(29-2)8-9-20(16)25-18/h6-9,12-13,17H,3-5,10-11,14-15H2,1-2H3,(H,24,28)/t17-/m1/s1. The summed E-state index contributed by atoms with van der Waals surface area (Å²) in [6, 6.07) is 11.9. The molecule has 0 radical (unpaired) electrons. The minimum absolute atomic E-state index is 0.194. The van der Waals surface area contributed by atoms with E-state index in [4.69, 9.17) is 14.2 Å². The molecular weight excluding hydrogens is 380 g/mol. The molecule has 158 valence electrons. The van der Waals surface area contributed by atoms with E-state index in [0.717, 1.165) is 66.9 Å². The summed E-state index contributed by atoms with van der Waals surface area (Å²) in [4.78, 5) is 19.3. The van der Waals surface area contributed by atoms with Crippen molar-refractivity contribution in [3.63, 3.8) is 0 Å². The lowest BCUT2D eigenvalue weighted by Crippen LogP contribution is -2.34. The van der Waals surface area contributed by atoms with Crippen molar-refractivity contribution in [3.8, 4) is 5.75 Å². The van der Waals surface area contributed by atoms with E-state index < -0.39 is 0 Å². The van der Waals surface area contributed by atoms with Crippen LogP contribution in [0.5, 0.6) is 5.75 Å². The summed E-state index contributed by atoms with van der Waals surface area (Å²) < 4.78 is 10.6. The number of amides is 1. The van der Waals surface area contributed by atoms with E-state index in [1.54, 1.807) is 13.2 Å². The molecule has 1 saturated heterocycles. The molecule has 7 heteroatoms. The van der Waals surface area contributed by atoms with Crippen LogP contribution >= 0.6 is 0 Å². The first-order valence-corrected chi connectivity index (χ1v) is 10.6. The highest BCUT2D eigenvalue weighted by Gasteiger charge is 2.25. The van der Waals surface area contributed by atoms with Gasteiger partial charge in [-0.05, 0) is 50.1 Å². The molecule has 0 aliphatic carbocycles. The van der Waals surface area contributed by atoms with Crippen LogP contribution in [0, 0.1) is 0 Å². The molecular formula is C23H28N4O3. The number of pyridine rings is 1. The van der Waals surface area contributed by atoms with Crippen molar-refractivity contribution in [2.24, 2.45) is 0 Å². The van der Waals surface area contributed by atoms with Crippen molar-refractivity contribution < 1.29 is 14.1 Å². The molecule has 2 aromatic heterocycles. The number of fused-ring (bicyclic) bond motifs is 1. The number of nitrogens with zero attached hydrogens (tertiary/aromatic N) is 3. The number of hydrogen-bond acceptors (Lipinski definition) is 6. The van der Waals surface area contributed by atoms with Gasteiger partial charge < -0.3 is 14.6 Å². The molecule has 0 spiro atoms. The first-order chi connectivity index (χ1) is 14.7. The largest absolute Gasteiger partial charge is 0.497 e. The third-order valence-corrected chi connectivity index (χ3v) is 5.55. The summed E-state index contributed by atoms with van der Waals surface area (Å²) in [6.45, 7) is 5.35. The number of ether oxygens (including phenoxy) is 1. The molecule has 7 nitrogen and oxygen atoms in total. The summed E-state index contributed by atoms with van der Waals surface area (Å²) in [5.41, 5.74) is 2.88. The van der Waals surface area contributed by atoms with Gasteiger partial charge in [-0.15, -0.1) is 0 Å². The van der Waals surface area contributed by atoms with E-state index in [0.29, 0.717) is 12.3 Å². The number of hydrogen-bond donors (Lipinski definition) is 1. The van der Waals surface area contributed by atoms with E-state index in [1.807, 2.05) is 25.1 Å². The van der Waals surface area contributed by atoms with Crippen LogP contribution in [0.15, 0.2) is 40.9 Å². The van der Waals surface area contributed by atoms with Gasteiger partial charge in [0.1, 0.15) is 5.75 Å². The fraction of sp³-hybridized carbons (Fsp3) is 0.435. The Morgan fingerprint density at radius 2 is 2.20 bits per heavy atom. The van der Waals surface area contributed by atoms with Crippen LogP contribution in [0.1, 0.15) is 54.0 Å². The van der Waals surface area contributed by atoms with Gasteiger partial charge in [0, 0.05) is 37.0 Å². The fourth-order valence-corrected chi connectivity index (χ4v) is 3.94. The molecule has 3 aromatic rings. The van der Waals surface area contributed by atoms with Crippen LogP contribution in [-0.2, 0) is 6.54 Å². The van der Waals surface area contributed by atoms with Crippen molar-refractivity contribution in [3.05, 3.63) is 53.5 Å². The number of nitrogens with one attached hydrogen (secondary N) is 1. The smallest absolute Gasteiger partial charge is 0.289 e. The van der Waals surface area contributed by atoms with Gasteiger partial charge in [-0.1, -0.05) is 18.1 Å². The van der Waals surface area contributed by atoms with Crippen LogP contribution in [0.25, 0.3) is 10.9 Å². The fourth-order valence-electron chi connectivity index (χ4n) is 3.94. The first kappa shape index (κ1) is 20.3. The summed E-state index contributed by atoms with van der Waals surface area (Å²) in [6.07, 6.45) is 3.02. The van der Waals surface area contributed by atoms with Crippen molar-refractivity contribution in [1.29, 1.82) is 0 Å². The average Bonchev–Trinajstić information content (AvgIpc) is 3.28. The van der Waals surface area contributed by atoms with Gasteiger partial charge in [0.25, 0.3) is 5.91 Å². The average molecular weight is 409 g/mol. The maximum atomic E-state index is 12.1. The quantitative estimate of drug-likeness (QED) is 0.641. The third kappa shape index (κ3) is 4.62. The molecule has 1 amide bonds. The molecule has 1 aliphatic heterocycles. The Balaban J connectivity index is 1.41. The number of carbonyl (C=O) groups excluding carboxylic acids is 1. The molecule has 0 saturated carbocycles. The van der Waals surface area contributed by atoms with E-state index in [2.05, 4.69) is 27.5 Å². The van der Waals surface area contributed by atoms with E-state index in [9.17, 15) is 4.79 Å². The Kier molecular flexibility index (Phi) is 6.28.